The third-order valence-electron chi connectivity index (χ3n) is 5.76. The third kappa shape index (κ3) is 4.94. The number of hydrogen-bond acceptors (Lipinski definition) is 3. The van der Waals surface area contributed by atoms with Gasteiger partial charge in [-0.15, -0.1) is 0 Å². The fourth-order valence-electron chi connectivity index (χ4n) is 4.29. The third-order valence-corrected chi connectivity index (χ3v) is 5.76. The lowest BCUT2D eigenvalue weighted by Gasteiger charge is -2.43. The van der Waals surface area contributed by atoms with Crippen molar-refractivity contribution in [3.05, 3.63) is 0 Å². The Kier molecular flexibility index (Phi) is 6.97. The molecule has 0 radical (unpaired) electrons. The van der Waals surface area contributed by atoms with Crippen molar-refractivity contribution >= 4 is 0 Å². The Morgan fingerprint density at radius 2 is 1.76 bits per heavy atom. The Morgan fingerprint density at radius 1 is 1.10 bits per heavy atom. The average Bonchev–Trinajstić information content (AvgIpc) is 2.48. The number of likely N-dealkylation sites (tertiary alicyclic amines) is 1. The molecule has 3 heteroatoms. The highest BCUT2D eigenvalue weighted by Gasteiger charge is 2.30. The van der Waals surface area contributed by atoms with Crippen LogP contribution in [0.4, 0.5) is 0 Å². The number of piperidine rings is 1. The van der Waals surface area contributed by atoms with Crippen molar-refractivity contribution in [2.45, 2.75) is 83.8 Å². The van der Waals surface area contributed by atoms with E-state index in [0.29, 0.717) is 24.6 Å². The summed E-state index contributed by atoms with van der Waals surface area (Å²) in [5.74, 6) is 1.50. The number of rotatable bonds is 6. The Bertz CT molecular complexity index is 287. The smallest absolute Gasteiger partial charge is 0.0445 e. The minimum Gasteiger partial charge on any atom is -0.396 e. The Labute approximate surface area is 131 Å². The summed E-state index contributed by atoms with van der Waals surface area (Å²) in [7, 11) is 0. The van der Waals surface area contributed by atoms with Gasteiger partial charge in [-0.2, -0.15) is 0 Å². The van der Waals surface area contributed by atoms with Crippen molar-refractivity contribution in [2.24, 2.45) is 11.8 Å². The molecule has 2 fully saturated rings. The standard InChI is InChI=1S/C18H36N2O/c1-14(2)17(10-13-21)19-16-8-11-20(12-9-16)18-7-5-4-6-15(18)3/h14-19,21H,4-13H2,1-3H3. The van der Waals surface area contributed by atoms with Crippen LogP contribution in [-0.2, 0) is 0 Å². The van der Waals surface area contributed by atoms with Gasteiger partial charge in [-0.1, -0.05) is 33.6 Å². The number of hydrogen-bond donors (Lipinski definition) is 2. The van der Waals surface area contributed by atoms with Gasteiger partial charge in [-0.25, -0.2) is 0 Å². The van der Waals surface area contributed by atoms with Crippen LogP contribution in [0.15, 0.2) is 0 Å². The van der Waals surface area contributed by atoms with Gasteiger partial charge in [0.25, 0.3) is 0 Å². The summed E-state index contributed by atoms with van der Waals surface area (Å²) < 4.78 is 0. The van der Waals surface area contributed by atoms with E-state index in [1.54, 1.807) is 0 Å². The van der Waals surface area contributed by atoms with Gasteiger partial charge in [0.1, 0.15) is 0 Å². The summed E-state index contributed by atoms with van der Waals surface area (Å²) in [5.41, 5.74) is 0. The van der Waals surface area contributed by atoms with Gasteiger partial charge in [0.15, 0.2) is 0 Å². The van der Waals surface area contributed by atoms with Gasteiger partial charge in [0.2, 0.25) is 0 Å². The van der Waals surface area contributed by atoms with Gasteiger partial charge in [0.05, 0.1) is 0 Å². The first kappa shape index (κ1) is 17.2. The number of nitrogens with one attached hydrogen (secondary N) is 1. The van der Waals surface area contributed by atoms with Crippen LogP contribution >= 0.6 is 0 Å². The molecule has 1 saturated heterocycles. The topological polar surface area (TPSA) is 35.5 Å². The first-order chi connectivity index (χ1) is 10.1. The first-order valence-corrected chi connectivity index (χ1v) is 9.22. The van der Waals surface area contributed by atoms with Gasteiger partial charge >= 0.3 is 0 Å². The maximum absolute atomic E-state index is 9.21. The predicted molar refractivity (Wildman–Crippen MR) is 89.5 cm³/mol. The van der Waals surface area contributed by atoms with Crippen LogP contribution in [0.1, 0.15) is 65.7 Å². The van der Waals surface area contributed by atoms with E-state index in [1.165, 1.54) is 51.6 Å². The van der Waals surface area contributed by atoms with E-state index in [9.17, 15) is 5.11 Å². The molecule has 3 nitrogen and oxygen atoms in total. The molecule has 2 aliphatic rings. The lowest BCUT2D eigenvalue weighted by Crippen LogP contribution is -2.51. The summed E-state index contributed by atoms with van der Waals surface area (Å²) in [5, 5.41) is 13.0. The van der Waals surface area contributed by atoms with Crippen LogP contribution in [0.25, 0.3) is 0 Å². The lowest BCUT2D eigenvalue weighted by molar-refractivity contribution is 0.0773. The zero-order chi connectivity index (χ0) is 15.2. The van der Waals surface area contributed by atoms with Crippen molar-refractivity contribution in [3.63, 3.8) is 0 Å². The lowest BCUT2D eigenvalue weighted by atomic mass is 9.84. The molecule has 1 saturated carbocycles. The highest BCUT2D eigenvalue weighted by molar-refractivity contribution is 4.87. The van der Waals surface area contributed by atoms with Crippen molar-refractivity contribution < 1.29 is 5.11 Å². The maximum Gasteiger partial charge on any atom is 0.0445 e. The van der Waals surface area contributed by atoms with E-state index in [0.717, 1.165) is 18.4 Å². The van der Waals surface area contributed by atoms with E-state index in [-0.39, 0.29) is 0 Å². The molecule has 2 rings (SSSR count). The minimum atomic E-state index is 0.300. The van der Waals surface area contributed by atoms with Crippen molar-refractivity contribution in [1.82, 2.24) is 10.2 Å². The number of aliphatic hydroxyl groups excluding tert-OH is 1. The highest BCUT2D eigenvalue weighted by Crippen LogP contribution is 2.30. The monoisotopic (exact) mass is 296 g/mol. The summed E-state index contributed by atoms with van der Waals surface area (Å²) in [6.07, 6.45) is 9.15. The van der Waals surface area contributed by atoms with Gasteiger partial charge in [-0.3, -0.25) is 0 Å². The van der Waals surface area contributed by atoms with Crippen LogP contribution < -0.4 is 5.32 Å². The second kappa shape index (κ2) is 8.50. The summed E-state index contributed by atoms with van der Waals surface area (Å²) in [4.78, 5) is 2.76. The maximum atomic E-state index is 9.21. The summed E-state index contributed by atoms with van der Waals surface area (Å²) in [6, 6.07) is 1.97. The average molecular weight is 296 g/mol. The quantitative estimate of drug-likeness (QED) is 0.791. The molecule has 3 atom stereocenters. The molecule has 0 aromatic rings. The fraction of sp³-hybridized carbons (Fsp3) is 1.00. The van der Waals surface area contributed by atoms with E-state index >= 15 is 0 Å². The van der Waals surface area contributed by atoms with Crippen molar-refractivity contribution in [3.8, 4) is 0 Å². The molecule has 0 amide bonds. The molecule has 0 aromatic heterocycles. The van der Waals surface area contributed by atoms with Crippen LogP contribution in [0.5, 0.6) is 0 Å². The normalized spacial score (nSPS) is 30.7. The zero-order valence-corrected chi connectivity index (χ0v) is 14.4. The second-order valence-electron chi connectivity index (χ2n) is 7.67. The van der Waals surface area contributed by atoms with Crippen molar-refractivity contribution in [2.75, 3.05) is 19.7 Å². The van der Waals surface area contributed by atoms with Gasteiger partial charge < -0.3 is 15.3 Å². The highest BCUT2D eigenvalue weighted by atomic mass is 16.3. The number of aliphatic hydroxyl groups is 1. The second-order valence-corrected chi connectivity index (χ2v) is 7.67. The Balaban J connectivity index is 1.77. The first-order valence-electron chi connectivity index (χ1n) is 9.22. The predicted octanol–water partition coefficient (Wildman–Crippen LogP) is 3.03. The SMILES string of the molecule is CC(C)C(CCO)NC1CCN(C2CCCCC2C)CC1. The van der Waals surface area contributed by atoms with Crippen molar-refractivity contribution in [1.29, 1.82) is 0 Å². The van der Waals surface area contributed by atoms with E-state index < -0.39 is 0 Å². The van der Waals surface area contributed by atoms with Gasteiger partial charge in [0, 0.05) is 24.7 Å². The van der Waals surface area contributed by atoms with Crippen LogP contribution in [0.2, 0.25) is 0 Å². The summed E-state index contributed by atoms with van der Waals surface area (Å²) in [6.45, 7) is 9.78. The van der Waals surface area contributed by atoms with Crippen LogP contribution in [0.3, 0.4) is 0 Å². The molecule has 1 aliphatic heterocycles. The number of nitrogens with zero attached hydrogens (tertiary/aromatic N) is 1. The molecular formula is C18H36N2O. The largest absolute Gasteiger partial charge is 0.396 e. The molecule has 124 valence electrons. The molecule has 1 aliphatic carbocycles. The van der Waals surface area contributed by atoms with Crippen LogP contribution in [-0.4, -0.2) is 47.8 Å². The Hall–Kier alpha value is -0.120. The molecule has 0 bridgehead atoms. The Morgan fingerprint density at radius 3 is 2.33 bits per heavy atom. The molecule has 21 heavy (non-hydrogen) atoms. The van der Waals surface area contributed by atoms with Gasteiger partial charge in [-0.05, 0) is 57.0 Å². The zero-order valence-electron chi connectivity index (χ0n) is 14.4. The molecule has 0 aromatic carbocycles. The fourth-order valence-corrected chi connectivity index (χ4v) is 4.29. The van der Waals surface area contributed by atoms with Crippen LogP contribution in [0, 0.1) is 11.8 Å². The summed E-state index contributed by atoms with van der Waals surface area (Å²) >= 11 is 0. The van der Waals surface area contributed by atoms with E-state index in [1.807, 2.05) is 0 Å². The molecule has 2 N–H and O–H groups in total. The molecule has 1 heterocycles. The molecule has 0 spiro atoms. The molecule has 3 unspecified atom stereocenters. The molecular weight excluding hydrogens is 260 g/mol. The van der Waals surface area contributed by atoms with E-state index in [4.69, 9.17) is 0 Å². The minimum absolute atomic E-state index is 0.300. The van der Waals surface area contributed by atoms with E-state index in [2.05, 4.69) is 31.0 Å².